The fraction of sp³-hybridized carbons (Fsp3) is 0.278. The quantitative estimate of drug-likeness (QED) is 0.806. The van der Waals surface area contributed by atoms with Gasteiger partial charge in [0.2, 0.25) is 5.91 Å². The number of benzene rings is 2. The Morgan fingerprint density at radius 3 is 2.65 bits per heavy atom. The minimum atomic E-state index is -0.304. The van der Waals surface area contributed by atoms with Gasteiger partial charge in [0.1, 0.15) is 6.04 Å². The van der Waals surface area contributed by atoms with Crippen LogP contribution in [-0.2, 0) is 17.6 Å². The molecule has 2 aromatic rings. The topological polar surface area (TPSA) is 61.4 Å². The van der Waals surface area contributed by atoms with Gasteiger partial charge in [0.15, 0.2) is 0 Å². The molecule has 0 saturated carbocycles. The number of amides is 1. The van der Waals surface area contributed by atoms with Gasteiger partial charge in [-0.15, -0.1) is 12.4 Å². The summed E-state index contributed by atoms with van der Waals surface area (Å²) in [6.07, 6.45) is 1.58. The number of carbonyl (C=O) groups is 1. The first kappa shape index (κ1) is 17.5. The van der Waals surface area contributed by atoms with Gasteiger partial charge in [0.25, 0.3) is 0 Å². The van der Waals surface area contributed by atoms with E-state index >= 15 is 0 Å². The average Bonchev–Trinajstić information content (AvgIpc) is 2.56. The molecule has 0 spiro atoms. The summed E-state index contributed by atoms with van der Waals surface area (Å²) in [4.78, 5) is 12.5. The highest BCUT2D eigenvalue weighted by molar-refractivity contribution is 5.96. The lowest BCUT2D eigenvalue weighted by molar-refractivity contribution is -0.118. The number of anilines is 1. The van der Waals surface area contributed by atoms with E-state index in [-0.39, 0.29) is 31.0 Å². The van der Waals surface area contributed by atoms with E-state index in [0.29, 0.717) is 6.42 Å². The van der Waals surface area contributed by atoms with Crippen LogP contribution in [0.25, 0.3) is 0 Å². The fourth-order valence-electron chi connectivity index (χ4n) is 2.84. The summed E-state index contributed by atoms with van der Waals surface area (Å²) in [7, 11) is 0. The summed E-state index contributed by atoms with van der Waals surface area (Å²) >= 11 is 0. The van der Waals surface area contributed by atoms with Gasteiger partial charge in [-0.3, -0.25) is 4.79 Å². The Balaban J connectivity index is 0.00000192. The second-order valence-corrected chi connectivity index (χ2v) is 5.50. The highest BCUT2D eigenvalue weighted by Gasteiger charge is 2.25. The lowest BCUT2D eigenvalue weighted by atomic mass is 9.94. The van der Waals surface area contributed by atoms with Gasteiger partial charge in [-0.05, 0) is 41.7 Å². The summed E-state index contributed by atoms with van der Waals surface area (Å²) in [6, 6.07) is 15.4. The Kier molecular flexibility index (Phi) is 6.16. The smallest absolute Gasteiger partial charge is 0.246 e. The third kappa shape index (κ3) is 4.10. The van der Waals surface area contributed by atoms with Crippen molar-refractivity contribution >= 4 is 24.0 Å². The van der Waals surface area contributed by atoms with E-state index in [4.69, 9.17) is 5.11 Å². The number of hydrogen-bond donors (Lipinski definition) is 3. The maximum absolute atomic E-state index is 12.5. The normalized spacial score (nSPS) is 16.1. The van der Waals surface area contributed by atoms with E-state index in [1.54, 1.807) is 0 Å². The highest BCUT2D eigenvalue weighted by atomic mass is 35.5. The van der Waals surface area contributed by atoms with Gasteiger partial charge >= 0.3 is 0 Å². The summed E-state index contributed by atoms with van der Waals surface area (Å²) in [5.41, 5.74) is 4.13. The van der Waals surface area contributed by atoms with Crippen LogP contribution in [0.15, 0.2) is 48.5 Å². The number of nitrogens with one attached hydrogen (secondary N) is 2. The molecule has 122 valence electrons. The Labute approximate surface area is 142 Å². The van der Waals surface area contributed by atoms with Gasteiger partial charge in [0.05, 0.1) is 0 Å². The molecule has 3 rings (SSSR count). The Morgan fingerprint density at radius 1 is 1.17 bits per heavy atom. The molecule has 0 aliphatic carbocycles. The number of aliphatic hydroxyl groups is 1. The van der Waals surface area contributed by atoms with Gasteiger partial charge in [-0.1, -0.05) is 36.4 Å². The summed E-state index contributed by atoms with van der Waals surface area (Å²) in [5.74, 6) is -0.0398. The van der Waals surface area contributed by atoms with Crippen molar-refractivity contribution in [3.05, 3.63) is 65.2 Å². The summed E-state index contributed by atoms with van der Waals surface area (Å²) in [5, 5.41) is 15.2. The predicted molar refractivity (Wildman–Crippen MR) is 94.0 cm³/mol. The van der Waals surface area contributed by atoms with Gasteiger partial charge < -0.3 is 15.7 Å². The van der Waals surface area contributed by atoms with E-state index in [9.17, 15) is 4.79 Å². The molecule has 0 aromatic heterocycles. The minimum absolute atomic E-state index is 0. The SMILES string of the molecule is Cl.O=C(Nc1ccc(CCO)cc1)C1NCCc2ccccc21. The third-order valence-electron chi connectivity index (χ3n) is 3.99. The zero-order valence-electron chi connectivity index (χ0n) is 12.8. The van der Waals surface area contributed by atoms with Gasteiger partial charge in [-0.2, -0.15) is 0 Å². The first-order valence-electron chi connectivity index (χ1n) is 7.60. The molecule has 23 heavy (non-hydrogen) atoms. The molecular weight excluding hydrogens is 312 g/mol. The third-order valence-corrected chi connectivity index (χ3v) is 3.99. The Morgan fingerprint density at radius 2 is 1.91 bits per heavy atom. The number of hydrogen-bond acceptors (Lipinski definition) is 3. The monoisotopic (exact) mass is 332 g/mol. The first-order valence-corrected chi connectivity index (χ1v) is 7.60. The molecule has 1 atom stereocenters. The van der Waals surface area contributed by atoms with E-state index in [1.807, 2.05) is 42.5 Å². The maximum atomic E-state index is 12.5. The van der Waals surface area contributed by atoms with Crippen molar-refractivity contribution in [2.75, 3.05) is 18.5 Å². The molecule has 1 amide bonds. The van der Waals surface area contributed by atoms with Gasteiger partial charge in [0, 0.05) is 18.8 Å². The van der Waals surface area contributed by atoms with E-state index in [2.05, 4.69) is 16.7 Å². The molecule has 1 aliphatic rings. The molecule has 0 saturated heterocycles. The van der Waals surface area contributed by atoms with Crippen molar-refractivity contribution in [1.29, 1.82) is 0 Å². The number of aliphatic hydroxyl groups excluding tert-OH is 1. The minimum Gasteiger partial charge on any atom is -0.396 e. The van der Waals surface area contributed by atoms with Crippen LogP contribution in [0, 0.1) is 0 Å². The molecule has 1 heterocycles. The molecule has 3 N–H and O–H groups in total. The maximum Gasteiger partial charge on any atom is 0.246 e. The van der Waals surface area contributed by atoms with Crippen LogP contribution < -0.4 is 10.6 Å². The van der Waals surface area contributed by atoms with Crippen LogP contribution in [-0.4, -0.2) is 24.2 Å². The summed E-state index contributed by atoms with van der Waals surface area (Å²) in [6.45, 7) is 0.943. The van der Waals surface area contributed by atoms with Crippen LogP contribution in [0.1, 0.15) is 22.7 Å². The second kappa shape index (κ2) is 8.11. The molecular formula is C18H21ClN2O2. The van der Waals surface area contributed by atoms with Crippen molar-refractivity contribution in [3.8, 4) is 0 Å². The van der Waals surface area contributed by atoms with Crippen LogP contribution >= 0.6 is 12.4 Å². The van der Waals surface area contributed by atoms with Crippen molar-refractivity contribution in [1.82, 2.24) is 5.32 Å². The number of halogens is 1. The predicted octanol–water partition coefficient (Wildman–Crippen LogP) is 2.47. The number of carbonyl (C=O) groups excluding carboxylic acids is 1. The second-order valence-electron chi connectivity index (χ2n) is 5.50. The van der Waals surface area contributed by atoms with Crippen molar-refractivity contribution in [3.63, 3.8) is 0 Å². The van der Waals surface area contributed by atoms with E-state index in [0.717, 1.165) is 29.8 Å². The zero-order valence-corrected chi connectivity index (χ0v) is 13.6. The number of fused-ring (bicyclic) bond motifs is 1. The molecule has 0 bridgehead atoms. The fourth-order valence-corrected chi connectivity index (χ4v) is 2.84. The van der Waals surface area contributed by atoms with Crippen molar-refractivity contribution in [2.45, 2.75) is 18.9 Å². The highest BCUT2D eigenvalue weighted by Crippen LogP contribution is 2.24. The average molecular weight is 333 g/mol. The van der Waals surface area contributed by atoms with Crippen LogP contribution in [0.2, 0.25) is 0 Å². The van der Waals surface area contributed by atoms with Crippen molar-refractivity contribution < 1.29 is 9.90 Å². The lowest BCUT2D eigenvalue weighted by Gasteiger charge is -2.26. The molecule has 5 heteroatoms. The van der Waals surface area contributed by atoms with Gasteiger partial charge in [-0.25, -0.2) is 0 Å². The molecule has 4 nitrogen and oxygen atoms in total. The van der Waals surface area contributed by atoms with E-state index < -0.39 is 0 Å². The van der Waals surface area contributed by atoms with Crippen LogP contribution in [0.3, 0.4) is 0 Å². The molecule has 1 unspecified atom stereocenters. The zero-order chi connectivity index (χ0) is 15.4. The first-order chi connectivity index (χ1) is 10.8. The van der Waals surface area contributed by atoms with Crippen LogP contribution in [0.5, 0.6) is 0 Å². The standard InChI is InChI=1S/C18H20N2O2.ClH/c21-12-10-13-5-7-15(8-6-13)20-18(22)17-16-4-2-1-3-14(16)9-11-19-17;/h1-8,17,19,21H,9-12H2,(H,20,22);1H. The number of rotatable bonds is 4. The van der Waals surface area contributed by atoms with E-state index in [1.165, 1.54) is 5.56 Å². The Hall–Kier alpha value is -1.88. The van der Waals surface area contributed by atoms with Crippen LogP contribution in [0.4, 0.5) is 5.69 Å². The Bertz CT molecular complexity index is 658. The molecule has 1 aliphatic heterocycles. The molecule has 0 fully saturated rings. The van der Waals surface area contributed by atoms with Crippen molar-refractivity contribution in [2.24, 2.45) is 0 Å². The molecule has 0 radical (unpaired) electrons. The largest absolute Gasteiger partial charge is 0.396 e. The lowest BCUT2D eigenvalue weighted by Crippen LogP contribution is -2.38. The summed E-state index contributed by atoms with van der Waals surface area (Å²) < 4.78 is 0. The molecule has 2 aromatic carbocycles.